The third-order valence-electron chi connectivity index (χ3n) is 6.02. The summed E-state index contributed by atoms with van der Waals surface area (Å²) >= 11 is 0. The van der Waals surface area contributed by atoms with Gasteiger partial charge < -0.3 is 19.7 Å². The van der Waals surface area contributed by atoms with Crippen molar-refractivity contribution in [1.29, 1.82) is 0 Å². The van der Waals surface area contributed by atoms with Crippen LogP contribution < -0.4 is 19.7 Å². The zero-order valence-electron chi connectivity index (χ0n) is 18.2. The molecule has 156 valence electrons. The summed E-state index contributed by atoms with van der Waals surface area (Å²) < 4.78 is 11.1. The van der Waals surface area contributed by atoms with Crippen LogP contribution >= 0.6 is 0 Å². The molecule has 1 aliphatic heterocycles. The Balaban J connectivity index is 2.01. The number of benzene rings is 2. The Morgan fingerprint density at radius 3 is 2.55 bits per heavy atom. The Morgan fingerprint density at radius 2 is 1.90 bits per heavy atom. The second kappa shape index (κ2) is 9.31. The van der Waals surface area contributed by atoms with Crippen LogP contribution in [0.2, 0.25) is 0 Å². The number of carbonyl (C=O) groups excluding carboxylic acids is 1. The van der Waals surface area contributed by atoms with Crippen molar-refractivity contribution < 1.29 is 19.2 Å². The fourth-order valence-corrected chi connectivity index (χ4v) is 4.43. The molecule has 1 amide bonds. The maximum atomic E-state index is 12.2. The average molecular weight is 398 g/mol. The fourth-order valence-electron chi connectivity index (χ4n) is 4.43. The van der Waals surface area contributed by atoms with Crippen LogP contribution in [0, 0.1) is 6.92 Å². The highest BCUT2D eigenvalue weighted by Gasteiger charge is 2.37. The molecule has 3 rings (SSSR count). The van der Waals surface area contributed by atoms with Gasteiger partial charge in [-0.25, -0.2) is 0 Å². The fraction of sp³-hybridized carbons (Fsp3) is 0.458. The van der Waals surface area contributed by atoms with Gasteiger partial charge in [0.05, 0.1) is 26.8 Å². The van der Waals surface area contributed by atoms with Gasteiger partial charge in [-0.3, -0.25) is 4.79 Å². The first-order valence-electron chi connectivity index (χ1n) is 10.4. The number of rotatable bonds is 7. The van der Waals surface area contributed by atoms with E-state index in [1.165, 1.54) is 27.2 Å². The normalized spacial score (nSPS) is 19.2. The molecule has 1 unspecified atom stereocenters. The van der Waals surface area contributed by atoms with Gasteiger partial charge >= 0.3 is 0 Å². The largest absolute Gasteiger partial charge is 0.493 e. The van der Waals surface area contributed by atoms with Gasteiger partial charge in [0.15, 0.2) is 11.5 Å². The van der Waals surface area contributed by atoms with Gasteiger partial charge in [0, 0.05) is 24.0 Å². The molecule has 3 atom stereocenters. The number of nitrogens with one attached hydrogen (secondary N) is 2. The summed E-state index contributed by atoms with van der Waals surface area (Å²) in [6, 6.07) is 12.9. The molecule has 0 spiro atoms. The van der Waals surface area contributed by atoms with Crippen LogP contribution in [0.3, 0.4) is 0 Å². The molecule has 2 aromatic rings. The van der Waals surface area contributed by atoms with Gasteiger partial charge in [0.25, 0.3) is 0 Å². The maximum Gasteiger partial charge on any atom is 0.220 e. The van der Waals surface area contributed by atoms with E-state index in [0.29, 0.717) is 6.42 Å². The standard InChI is InChI=1S/C24H32N2O3/c1-6-23(27)25-17(3)24-20-14-22(29-5)21(28-4)13-18(20)11-12-26(24)15-19-10-8-7-9-16(19)2/h7-10,13-14,17,24H,6,11-12,15H2,1-5H3,(H,25,27)/p+1/t17-,24-/m0/s1. The smallest absolute Gasteiger partial charge is 0.220 e. The molecule has 2 aromatic carbocycles. The number of methoxy groups -OCH3 is 2. The monoisotopic (exact) mass is 397 g/mol. The van der Waals surface area contributed by atoms with Gasteiger partial charge in [0.1, 0.15) is 12.6 Å². The Labute approximate surface area is 174 Å². The molecule has 0 saturated heterocycles. The lowest BCUT2D eigenvalue weighted by Gasteiger charge is -2.38. The number of hydrogen-bond donors (Lipinski definition) is 2. The molecular formula is C24H33N2O3+. The quantitative estimate of drug-likeness (QED) is 0.755. The van der Waals surface area contributed by atoms with Crippen molar-refractivity contribution in [3.05, 3.63) is 58.7 Å². The lowest BCUT2D eigenvalue weighted by atomic mass is 9.87. The summed E-state index contributed by atoms with van der Waals surface area (Å²) in [5.41, 5.74) is 5.17. The van der Waals surface area contributed by atoms with Crippen LogP contribution in [-0.2, 0) is 17.8 Å². The molecular weight excluding hydrogens is 364 g/mol. The SMILES string of the molecule is CCC(=O)N[C@@H](C)[C@H]1c2cc(OC)c(OC)cc2CC[NH+]1Cc1ccccc1C. The predicted octanol–water partition coefficient (Wildman–Crippen LogP) is 2.61. The Kier molecular flexibility index (Phi) is 6.80. The van der Waals surface area contributed by atoms with Crippen molar-refractivity contribution in [2.24, 2.45) is 0 Å². The molecule has 29 heavy (non-hydrogen) atoms. The molecule has 0 radical (unpaired) electrons. The first kappa shape index (κ1) is 21.2. The van der Waals surface area contributed by atoms with Gasteiger partial charge in [-0.15, -0.1) is 0 Å². The Bertz CT molecular complexity index is 865. The molecule has 5 heteroatoms. The van der Waals surface area contributed by atoms with Gasteiger partial charge in [-0.2, -0.15) is 0 Å². The highest BCUT2D eigenvalue weighted by atomic mass is 16.5. The highest BCUT2D eigenvalue weighted by molar-refractivity contribution is 5.75. The average Bonchev–Trinajstić information content (AvgIpc) is 2.73. The zero-order chi connectivity index (χ0) is 21.0. The number of aryl methyl sites for hydroxylation is 1. The summed E-state index contributed by atoms with van der Waals surface area (Å²) in [6.07, 6.45) is 1.46. The topological polar surface area (TPSA) is 52.0 Å². The second-order valence-electron chi connectivity index (χ2n) is 7.85. The minimum atomic E-state index is 0.0126. The van der Waals surface area contributed by atoms with Crippen LogP contribution in [0.5, 0.6) is 11.5 Å². The summed E-state index contributed by atoms with van der Waals surface area (Å²) in [5, 5.41) is 3.20. The van der Waals surface area contributed by atoms with Crippen LogP contribution in [-0.4, -0.2) is 32.7 Å². The predicted molar refractivity (Wildman–Crippen MR) is 115 cm³/mol. The van der Waals surface area contributed by atoms with Crippen molar-refractivity contribution in [3.8, 4) is 11.5 Å². The van der Waals surface area contributed by atoms with E-state index in [-0.39, 0.29) is 18.0 Å². The first-order valence-corrected chi connectivity index (χ1v) is 10.4. The van der Waals surface area contributed by atoms with Crippen LogP contribution in [0.25, 0.3) is 0 Å². The Morgan fingerprint density at radius 1 is 1.21 bits per heavy atom. The molecule has 1 aliphatic rings. The summed E-state index contributed by atoms with van der Waals surface area (Å²) in [6.45, 7) is 8.10. The van der Waals surface area contributed by atoms with Crippen molar-refractivity contribution in [2.75, 3.05) is 20.8 Å². The van der Waals surface area contributed by atoms with E-state index in [4.69, 9.17) is 9.47 Å². The van der Waals surface area contributed by atoms with E-state index in [9.17, 15) is 4.79 Å². The van der Waals surface area contributed by atoms with Crippen molar-refractivity contribution in [1.82, 2.24) is 5.32 Å². The molecule has 1 heterocycles. The lowest BCUT2D eigenvalue weighted by Crippen LogP contribution is -3.13. The highest BCUT2D eigenvalue weighted by Crippen LogP contribution is 2.35. The number of fused-ring (bicyclic) bond motifs is 1. The van der Waals surface area contributed by atoms with E-state index < -0.39 is 0 Å². The van der Waals surface area contributed by atoms with Crippen molar-refractivity contribution >= 4 is 5.91 Å². The molecule has 0 aromatic heterocycles. The number of hydrogen-bond acceptors (Lipinski definition) is 3. The van der Waals surface area contributed by atoms with Gasteiger partial charge in [-0.05, 0) is 37.1 Å². The molecule has 0 fully saturated rings. The summed E-state index contributed by atoms with van der Waals surface area (Å²) in [4.78, 5) is 13.6. The molecule has 0 aliphatic carbocycles. The third kappa shape index (κ3) is 4.56. The summed E-state index contributed by atoms with van der Waals surface area (Å²) in [7, 11) is 3.34. The van der Waals surface area contributed by atoms with E-state index in [1.807, 2.05) is 6.92 Å². The van der Waals surface area contributed by atoms with E-state index >= 15 is 0 Å². The minimum Gasteiger partial charge on any atom is -0.493 e. The van der Waals surface area contributed by atoms with Crippen molar-refractivity contribution in [2.45, 2.75) is 52.2 Å². The van der Waals surface area contributed by atoms with E-state index in [1.54, 1.807) is 14.2 Å². The molecule has 0 bridgehead atoms. The lowest BCUT2D eigenvalue weighted by molar-refractivity contribution is -0.948. The minimum absolute atomic E-state index is 0.0126. The molecule has 2 N–H and O–H groups in total. The third-order valence-corrected chi connectivity index (χ3v) is 6.02. The maximum absolute atomic E-state index is 12.2. The Hall–Kier alpha value is -2.53. The van der Waals surface area contributed by atoms with Crippen molar-refractivity contribution in [3.63, 3.8) is 0 Å². The van der Waals surface area contributed by atoms with Crippen LogP contribution in [0.15, 0.2) is 36.4 Å². The number of carbonyl (C=O) groups is 1. The number of amides is 1. The van der Waals surface area contributed by atoms with Crippen LogP contribution in [0.4, 0.5) is 0 Å². The van der Waals surface area contributed by atoms with Gasteiger partial charge in [0.2, 0.25) is 5.91 Å². The zero-order valence-corrected chi connectivity index (χ0v) is 18.2. The molecule has 5 nitrogen and oxygen atoms in total. The summed E-state index contributed by atoms with van der Waals surface area (Å²) in [5.74, 6) is 1.58. The second-order valence-corrected chi connectivity index (χ2v) is 7.85. The number of ether oxygens (including phenoxy) is 2. The van der Waals surface area contributed by atoms with Gasteiger partial charge in [-0.1, -0.05) is 31.2 Å². The van der Waals surface area contributed by atoms with Crippen LogP contribution in [0.1, 0.15) is 48.6 Å². The first-order chi connectivity index (χ1) is 14.0. The van der Waals surface area contributed by atoms with E-state index in [2.05, 4.69) is 55.6 Å². The number of quaternary nitrogens is 1. The van der Waals surface area contributed by atoms with E-state index in [0.717, 1.165) is 31.0 Å². The molecule has 0 saturated carbocycles.